The quantitative estimate of drug-likeness (QED) is 0.493. The zero-order chi connectivity index (χ0) is 24.6. The van der Waals surface area contributed by atoms with Crippen molar-refractivity contribution in [3.8, 4) is 11.8 Å². The molecule has 0 radical (unpaired) electrons. The molecule has 0 N–H and O–H groups in total. The number of ether oxygens (including phenoxy) is 3. The lowest BCUT2D eigenvalue weighted by Gasteiger charge is -2.25. The summed E-state index contributed by atoms with van der Waals surface area (Å²) in [6.45, 7) is 1.21. The van der Waals surface area contributed by atoms with Gasteiger partial charge < -0.3 is 24.0 Å². The summed E-state index contributed by atoms with van der Waals surface area (Å²) in [5.41, 5.74) is 2.03. The number of carbonyl (C=O) groups excluding carboxylic acids is 2. The lowest BCUT2D eigenvalue weighted by Crippen LogP contribution is -2.40. The zero-order valence-electron chi connectivity index (χ0n) is 19.8. The van der Waals surface area contributed by atoms with Gasteiger partial charge in [-0.25, -0.2) is 0 Å². The van der Waals surface area contributed by atoms with E-state index in [0.29, 0.717) is 19.0 Å². The predicted molar refractivity (Wildman–Crippen MR) is 128 cm³/mol. The number of aromatic nitrogens is 2. The maximum absolute atomic E-state index is 13.5. The first-order valence-electron chi connectivity index (χ1n) is 11.3. The molecule has 2 aromatic heterocycles. The smallest absolute Gasteiger partial charge is 0.259 e. The van der Waals surface area contributed by atoms with Crippen LogP contribution in [-0.4, -0.2) is 71.5 Å². The number of benzene rings is 1. The van der Waals surface area contributed by atoms with Gasteiger partial charge in [0, 0.05) is 31.9 Å². The van der Waals surface area contributed by atoms with Crippen LogP contribution in [0, 0.1) is 0 Å². The first-order valence-corrected chi connectivity index (χ1v) is 11.3. The molecule has 9 nitrogen and oxygen atoms in total. The van der Waals surface area contributed by atoms with E-state index in [9.17, 15) is 9.59 Å². The van der Waals surface area contributed by atoms with Crippen LogP contribution in [0.1, 0.15) is 21.6 Å². The van der Waals surface area contributed by atoms with Crippen molar-refractivity contribution in [2.75, 3.05) is 33.9 Å². The molecule has 3 heterocycles. The van der Waals surface area contributed by atoms with E-state index < -0.39 is 6.10 Å². The first-order chi connectivity index (χ1) is 17.1. The van der Waals surface area contributed by atoms with Crippen LogP contribution in [0.15, 0.2) is 66.9 Å². The molecule has 1 unspecified atom stereocenters. The fourth-order valence-electron chi connectivity index (χ4n) is 3.91. The van der Waals surface area contributed by atoms with Gasteiger partial charge in [0.2, 0.25) is 17.7 Å². The maximum atomic E-state index is 13.5. The largest absolute Gasteiger partial charge is 0.481 e. The molecule has 1 atom stereocenters. The molecular formula is C26H28N4O5. The molecule has 1 aliphatic heterocycles. The van der Waals surface area contributed by atoms with Gasteiger partial charge in [-0.1, -0.05) is 36.4 Å². The Kier molecular flexibility index (Phi) is 7.89. The number of rotatable bonds is 8. The summed E-state index contributed by atoms with van der Waals surface area (Å²) in [7, 11) is 2.92. The SMILES string of the molecule is COc1ccc(C(=O)N2CC(=O)N(Cc3ccccc3)CC(OCc3ccccn3)C2)c(OC)n1. The molecular weight excluding hydrogens is 448 g/mol. The Balaban J connectivity index is 1.57. The van der Waals surface area contributed by atoms with Gasteiger partial charge in [-0.15, -0.1) is 0 Å². The molecule has 0 aliphatic carbocycles. The molecule has 3 aromatic rings. The summed E-state index contributed by atoms with van der Waals surface area (Å²) in [6.07, 6.45) is 1.30. The van der Waals surface area contributed by atoms with Crippen molar-refractivity contribution in [1.82, 2.24) is 19.8 Å². The van der Waals surface area contributed by atoms with Crippen LogP contribution in [-0.2, 0) is 22.7 Å². The Morgan fingerprint density at radius 2 is 1.80 bits per heavy atom. The molecule has 182 valence electrons. The van der Waals surface area contributed by atoms with Crippen molar-refractivity contribution in [3.05, 3.63) is 83.7 Å². The highest BCUT2D eigenvalue weighted by atomic mass is 16.5. The molecule has 9 heteroatoms. The third-order valence-corrected chi connectivity index (χ3v) is 5.69. The van der Waals surface area contributed by atoms with Crippen molar-refractivity contribution in [1.29, 1.82) is 0 Å². The van der Waals surface area contributed by atoms with Crippen LogP contribution < -0.4 is 9.47 Å². The Hall–Kier alpha value is -3.98. The number of hydrogen-bond donors (Lipinski definition) is 0. The van der Waals surface area contributed by atoms with Crippen LogP contribution >= 0.6 is 0 Å². The molecule has 0 spiro atoms. The molecule has 4 rings (SSSR count). The lowest BCUT2D eigenvalue weighted by atomic mass is 10.2. The molecule has 1 aromatic carbocycles. The van der Waals surface area contributed by atoms with Gasteiger partial charge in [-0.3, -0.25) is 14.6 Å². The van der Waals surface area contributed by atoms with Crippen LogP contribution in [0.25, 0.3) is 0 Å². The average molecular weight is 477 g/mol. The van der Waals surface area contributed by atoms with Crippen molar-refractivity contribution in [3.63, 3.8) is 0 Å². The normalized spacial score (nSPS) is 16.1. The number of amides is 2. The predicted octanol–water partition coefficient (Wildman–Crippen LogP) is 2.56. The molecule has 0 bridgehead atoms. The Morgan fingerprint density at radius 1 is 1.00 bits per heavy atom. The monoisotopic (exact) mass is 476 g/mol. The molecule has 35 heavy (non-hydrogen) atoms. The Labute approximate surface area is 204 Å². The van der Waals surface area contributed by atoms with E-state index in [4.69, 9.17) is 14.2 Å². The highest BCUT2D eigenvalue weighted by Gasteiger charge is 2.32. The van der Waals surface area contributed by atoms with Gasteiger partial charge in [0.05, 0.1) is 32.6 Å². The highest BCUT2D eigenvalue weighted by Crippen LogP contribution is 2.23. The van der Waals surface area contributed by atoms with E-state index in [0.717, 1.165) is 11.3 Å². The summed E-state index contributed by atoms with van der Waals surface area (Å²) >= 11 is 0. The molecule has 2 amide bonds. The number of methoxy groups -OCH3 is 2. The summed E-state index contributed by atoms with van der Waals surface area (Å²) in [6, 6.07) is 18.5. The third-order valence-electron chi connectivity index (χ3n) is 5.69. The molecule has 0 saturated carbocycles. The fourth-order valence-corrected chi connectivity index (χ4v) is 3.91. The lowest BCUT2D eigenvalue weighted by molar-refractivity contribution is -0.132. The van der Waals surface area contributed by atoms with Gasteiger partial charge in [0.25, 0.3) is 5.91 Å². The minimum absolute atomic E-state index is 0.0791. The van der Waals surface area contributed by atoms with Gasteiger partial charge in [0.1, 0.15) is 12.1 Å². The highest BCUT2D eigenvalue weighted by molar-refractivity contribution is 5.98. The average Bonchev–Trinajstić information content (AvgIpc) is 3.06. The number of pyridine rings is 2. The van der Waals surface area contributed by atoms with E-state index in [1.165, 1.54) is 19.1 Å². The number of carbonyl (C=O) groups is 2. The minimum atomic E-state index is -0.409. The topological polar surface area (TPSA) is 94.1 Å². The van der Waals surface area contributed by atoms with Crippen LogP contribution in [0.4, 0.5) is 0 Å². The van der Waals surface area contributed by atoms with Gasteiger partial charge in [0.15, 0.2) is 0 Å². The second-order valence-corrected chi connectivity index (χ2v) is 8.11. The minimum Gasteiger partial charge on any atom is -0.481 e. The van der Waals surface area contributed by atoms with E-state index >= 15 is 0 Å². The van der Waals surface area contributed by atoms with Crippen LogP contribution in [0.2, 0.25) is 0 Å². The summed E-state index contributed by atoms with van der Waals surface area (Å²) in [5.74, 6) is -0.0565. The summed E-state index contributed by atoms with van der Waals surface area (Å²) in [5, 5.41) is 0. The molecule has 1 fully saturated rings. The van der Waals surface area contributed by atoms with Gasteiger partial charge in [-0.2, -0.15) is 4.98 Å². The van der Waals surface area contributed by atoms with Crippen molar-refractivity contribution >= 4 is 11.8 Å². The van der Waals surface area contributed by atoms with Crippen molar-refractivity contribution < 1.29 is 23.8 Å². The maximum Gasteiger partial charge on any atom is 0.259 e. The second kappa shape index (κ2) is 11.4. The van der Waals surface area contributed by atoms with Gasteiger partial charge >= 0.3 is 0 Å². The number of hydrogen-bond acceptors (Lipinski definition) is 7. The third kappa shape index (κ3) is 6.13. The van der Waals surface area contributed by atoms with Crippen LogP contribution in [0.5, 0.6) is 11.8 Å². The Bertz CT molecular complexity index is 1140. The zero-order valence-corrected chi connectivity index (χ0v) is 19.8. The summed E-state index contributed by atoms with van der Waals surface area (Å²) < 4.78 is 16.6. The van der Waals surface area contributed by atoms with Crippen molar-refractivity contribution in [2.24, 2.45) is 0 Å². The molecule has 1 aliphatic rings. The Morgan fingerprint density at radius 3 is 2.51 bits per heavy atom. The second-order valence-electron chi connectivity index (χ2n) is 8.11. The van der Waals surface area contributed by atoms with Crippen LogP contribution in [0.3, 0.4) is 0 Å². The first kappa shape index (κ1) is 24.2. The van der Waals surface area contributed by atoms with Gasteiger partial charge in [-0.05, 0) is 23.8 Å². The van der Waals surface area contributed by atoms with Crippen molar-refractivity contribution in [2.45, 2.75) is 19.3 Å². The van der Waals surface area contributed by atoms with E-state index in [2.05, 4.69) is 9.97 Å². The van der Waals surface area contributed by atoms with E-state index in [1.807, 2.05) is 48.5 Å². The molecule has 1 saturated heterocycles. The number of nitrogens with zero attached hydrogens (tertiary/aromatic N) is 4. The van der Waals surface area contributed by atoms with E-state index in [1.54, 1.807) is 23.2 Å². The standard InChI is InChI=1S/C26H28N4O5/c1-33-23-12-11-22(25(28-23)34-2)26(32)30-16-21(35-18-20-10-6-7-13-27-20)15-29(24(31)17-30)14-19-8-4-3-5-9-19/h3-13,21H,14-18H2,1-2H3. The van der Waals surface area contributed by atoms with E-state index in [-0.39, 0.29) is 43.0 Å². The fraction of sp³-hybridized carbons (Fsp3) is 0.308. The summed E-state index contributed by atoms with van der Waals surface area (Å²) in [4.78, 5) is 38.5.